The van der Waals surface area contributed by atoms with Crippen LogP contribution in [0.3, 0.4) is 0 Å². The summed E-state index contributed by atoms with van der Waals surface area (Å²) >= 11 is 0. The highest BCUT2D eigenvalue weighted by Gasteiger charge is 2.32. The summed E-state index contributed by atoms with van der Waals surface area (Å²) in [5, 5.41) is 18.0. The van der Waals surface area contributed by atoms with Crippen LogP contribution in [0, 0.1) is 6.92 Å². The molecule has 0 aliphatic carbocycles. The number of carboxylic acid groups (broad SMARTS) is 1. The molecule has 1 saturated heterocycles. The molecule has 0 saturated carbocycles. The number of carbonyl (C=O) groups excluding carboxylic acids is 2. The first-order valence-electron chi connectivity index (χ1n) is 7.96. The molecule has 2 heterocycles. The van der Waals surface area contributed by atoms with Gasteiger partial charge in [0.1, 0.15) is 11.9 Å². The van der Waals surface area contributed by atoms with E-state index >= 15 is 0 Å². The molecule has 0 bridgehead atoms. The fraction of sp³-hybridized carbons (Fsp3) is 0.600. The number of aliphatic carboxylic acids is 1. The van der Waals surface area contributed by atoms with Gasteiger partial charge in [0.2, 0.25) is 0 Å². The molecule has 0 spiro atoms. The van der Waals surface area contributed by atoms with Gasteiger partial charge in [-0.05, 0) is 26.2 Å². The van der Waals surface area contributed by atoms with Gasteiger partial charge in [0.05, 0.1) is 5.69 Å². The number of rotatable bonds is 6. The number of carbonyl (C=O) groups is 3. The average molecular weight is 337 g/mol. The lowest BCUT2D eigenvalue weighted by Crippen LogP contribution is -2.54. The van der Waals surface area contributed by atoms with E-state index in [-0.39, 0.29) is 18.9 Å². The number of amides is 3. The minimum atomic E-state index is -0.901. The van der Waals surface area contributed by atoms with Gasteiger partial charge in [-0.3, -0.25) is 19.2 Å². The second-order valence-electron chi connectivity index (χ2n) is 5.85. The van der Waals surface area contributed by atoms with Gasteiger partial charge in [-0.25, -0.2) is 4.79 Å². The van der Waals surface area contributed by atoms with E-state index in [2.05, 4.69) is 15.7 Å². The van der Waals surface area contributed by atoms with Gasteiger partial charge in [0.25, 0.3) is 5.91 Å². The maximum Gasteiger partial charge on any atom is 0.315 e. The lowest BCUT2D eigenvalue weighted by molar-refractivity contribution is -0.137. The second-order valence-corrected chi connectivity index (χ2v) is 5.85. The maximum absolute atomic E-state index is 12.6. The highest BCUT2D eigenvalue weighted by atomic mass is 16.4. The van der Waals surface area contributed by atoms with Gasteiger partial charge in [-0.15, -0.1) is 0 Å². The van der Waals surface area contributed by atoms with E-state index in [1.807, 2.05) is 13.0 Å². The van der Waals surface area contributed by atoms with E-state index < -0.39 is 18.0 Å². The Balaban J connectivity index is 1.89. The minimum Gasteiger partial charge on any atom is -0.481 e. The predicted octanol–water partition coefficient (Wildman–Crippen LogP) is 0.388. The van der Waals surface area contributed by atoms with Crippen molar-refractivity contribution in [2.45, 2.75) is 38.6 Å². The quantitative estimate of drug-likeness (QED) is 0.649. The van der Waals surface area contributed by atoms with Crippen molar-refractivity contribution in [1.29, 1.82) is 0 Å². The summed E-state index contributed by atoms with van der Waals surface area (Å²) in [6, 6.07) is 0.793. The van der Waals surface area contributed by atoms with Gasteiger partial charge in [-0.2, -0.15) is 5.10 Å². The van der Waals surface area contributed by atoms with E-state index in [0.29, 0.717) is 25.2 Å². The summed E-state index contributed by atoms with van der Waals surface area (Å²) < 4.78 is 1.65. The fourth-order valence-electron chi connectivity index (χ4n) is 2.74. The highest BCUT2D eigenvalue weighted by molar-refractivity contribution is 5.99. The fourth-order valence-corrected chi connectivity index (χ4v) is 2.74. The van der Waals surface area contributed by atoms with Crippen LogP contribution in [0.15, 0.2) is 6.07 Å². The van der Waals surface area contributed by atoms with Crippen LogP contribution >= 0.6 is 0 Å². The van der Waals surface area contributed by atoms with Crippen LogP contribution in [-0.2, 0) is 16.6 Å². The zero-order valence-corrected chi connectivity index (χ0v) is 13.9. The zero-order valence-electron chi connectivity index (χ0n) is 13.9. The van der Waals surface area contributed by atoms with Crippen molar-refractivity contribution in [3.8, 4) is 0 Å². The lowest BCUT2D eigenvalue weighted by Gasteiger charge is -2.32. The van der Waals surface area contributed by atoms with E-state index in [4.69, 9.17) is 5.11 Å². The first-order valence-corrected chi connectivity index (χ1v) is 7.96. The number of nitrogens with zero attached hydrogens (tertiary/aromatic N) is 3. The minimum absolute atomic E-state index is 0.00371. The van der Waals surface area contributed by atoms with Crippen LogP contribution in [0.2, 0.25) is 0 Å². The average Bonchev–Trinajstić information content (AvgIpc) is 2.84. The Hall–Kier alpha value is -2.58. The Morgan fingerprint density at radius 3 is 2.83 bits per heavy atom. The Labute approximate surface area is 140 Å². The number of carboxylic acids is 1. The number of nitrogens with one attached hydrogen (secondary N) is 2. The predicted molar refractivity (Wildman–Crippen MR) is 86.7 cm³/mol. The number of aryl methyl sites for hydroxylation is 2. The normalized spacial score (nSPS) is 17.7. The molecule has 24 heavy (non-hydrogen) atoms. The van der Waals surface area contributed by atoms with Crippen molar-refractivity contribution in [2.24, 2.45) is 7.05 Å². The molecule has 1 aromatic heterocycles. The standard InChI is InChI=1S/C15H23N5O4/c1-10-9-12(19(2)18-10)20-8-4-5-11(14(20)23)17-15(24)16-7-3-6-13(21)22/h9,11H,3-8H2,1-2H3,(H,21,22)(H2,16,17,24). The lowest BCUT2D eigenvalue weighted by atomic mass is 10.0. The molecule has 1 aliphatic heterocycles. The molecule has 0 radical (unpaired) electrons. The van der Waals surface area contributed by atoms with Gasteiger partial charge in [-0.1, -0.05) is 0 Å². The van der Waals surface area contributed by atoms with Crippen LogP contribution in [-0.4, -0.2) is 51.9 Å². The molecule has 1 atom stereocenters. The monoisotopic (exact) mass is 337 g/mol. The molecule has 1 aliphatic rings. The Kier molecular flexibility index (Phi) is 5.78. The van der Waals surface area contributed by atoms with E-state index in [0.717, 1.165) is 12.1 Å². The third-order valence-electron chi connectivity index (χ3n) is 3.85. The summed E-state index contributed by atoms with van der Waals surface area (Å²) in [4.78, 5) is 36.5. The summed E-state index contributed by atoms with van der Waals surface area (Å²) in [6.45, 7) is 2.71. The van der Waals surface area contributed by atoms with E-state index in [9.17, 15) is 14.4 Å². The van der Waals surface area contributed by atoms with Crippen molar-refractivity contribution in [3.05, 3.63) is 11.8 Å². The molecule has 2 rings (SSSR count). The number of urea groups is 1. The number of hydrogen-bond donors (Lipinski definition) is 3. The van der Waals surface area contributed by atoms with Crippen molar-refractivity contribution >= 4 is 23.7 Å². The summed E-state index contributed by atoms with van der Waals surface area (Å²) in [5.74, 6) is -0.349. The third-order valence-corrected chi connectivity index (χ3v) is 3.85. The van der Waals surface area contributed by atoms with Crippen LogP contribution in [0.25, 0.3) is 0 Å². The van der Waals surface area contributed by atoms with Crippen molar-refractivity contribution < 1.29 is 19.5 Å². The number of piperidine rings is 1. The van der Waals surface area contributed by atoms with Gasteiger partial charge in [0.15, 0.2) is 0 Å². The summed E-state index contributed by atoms with van der Waals surface area (Å²) in [7, 11) is 1.78. The SMILES string of the molecule is Cc1cc(N2CCCC(NC(=O)NCCCC(=O)O)C2=O)n(C)n1. The molecule has 9 heteroatoms. The topological polar surface area (TPSA) is 117 Å². The van der Waals surface area contributed by atoms with Crippen molar-refractivity contribution in [1.82, 2.24) is 20.4 Å². The first-order chi connectivity index (χ1) is 11.4. The second kappa shape index (κ2) is 7.80. The number of aromatic nitrogens is 2. The van der Waals surface area contributed by atoms with Crippen molar-refractivity contribution in [3.63, 3.8) is 0 Å². The molecule has 1 unspecified atom stereocenters. The maximum atomic E-state index is 12.6. The van der Waals surface area contributed by atoms with Crippen molar-refractivity contribution in [2.75, 3.05) is 18.0 Å². The Morgan fingerprint density at radius 2 is 2.21 bits per heavy atom. The Morgan fingerprint density at radius 1 is 1.46 bits per heavy atom. The van der Waals surface area contributed by atoms with Gasteiger partial charge in [0, 0.05) is 32.6 Å². The molecular formula is C15H23N5O4. The first kappa shape index (κ1) is 17.8. The highest BCUT2D eigenvalue weighted by Crippen LogP contribution is 2.21. The number of hydrogen-bond acceptors (Lipinski definition) is 4. The van der Waals surface area contributed by atoms with Crippen LogP contribution in [0.1, 0.15) is 31.4 Å². The molecule has 0 aromatic carbocycles. The smallest absolute Gasteiger partial charge is 0.315 e. The molecule has 132 valence electrons. The van der Waals surface area contributed by atoms with E-state index in [1.165, 1.54) is 0 Å². The van der Waals surface area contributed by atoms with Gasteiger partial charge >= 0.3 is 12.0 Å². The molecular weight excluding hydrogens is 314 g/mol. The van der Waals surface area contributed by atoms with Crippen LogP contribution in [0.4, 0.5) is 10.6 Å². The molecule has 3 amide bonds. The summed E-state index contributed by atoms with van der Waals surface area (Å²) in [5.41, 5.74) is 0.826. The number of anilines is 1. The Bertz CT molecular complexity index is 627. The van der Waals surface area contributed by atoms with Crippen LogP contribution < -0.4 is 15.5 Å². The third kappa shape index (κ3) is 4.46. The van der Waals surface area contributed by atoms with Gasteiger partial charge < -0.3 is 15.7 Å². The largest absolute Gasteiger partial charge is 0.481 e. The molecule has 9 nitrogen and oxygen atoms in total. The molecule has 3 N–H and O–H groups in total. The molecule has 1 fully saturated rings. The zero-order chi connectivity index (χ0) is 17.7. The molecule has 1 aromatic rings. The summed E-state index contributed by atoms with van der Waals surface area (Å²) in [6.07, 6.45) is 1.70. The van der Waals surface area contributed by atoms with Crippen LogP contribution in [0.5, 0.6) is 0 Å². The van der Waals surface area contributed by atoms with E-state index in [1.54, 1.807) is 16.6 Å².